The van der Waals surface area contributed by atoms with Crippen molar-refractivity contribution in [3.05, 3.63) is 29.8 Å². The summed E-state index contributed by atoms with van der Waals surface area (Å²) in [6, 6.07) is 6.81. The van der Waals surface area contributed by atoms with Gasteiger partial charge in [0.2, 0.25) is 0 Å². The molecule has 2 rings (SSSR count). The van der Waals surface area contributed by atoms with Crippen molar-refractivity contribution in [3.8, 4) is 5.75 Å². The average Bonchev–Trinajstić information content (AvgIpc) is 2.65. The van der Waals surface area contributed by atoms with Gasteiger partial charge < -0.3 is 15.4 Å². The normalized spacial score (nSPS) is 21.0. The minimum absolute atomic E-state index is 0. The number of nitrogens with zero attached hydrogens (tertiary/aromatic N) is 1. The second kappa shape index (κ2) is 13.3. The van der Waals surface area contributed by atoms with Crippen LogP contribution in [0, 0.1) is 0 Å². The first-order chi connectivity index (χ1) is 13.0. The molecule has 1 saturated carbocycles. The van der Waals surface area contributed by atoms with E-state index in [9.17, 15) is 13.0 Å². The number of hydrogen-bond donors (Lipinski definition) is 2. The number of aliphatic imine (C=N–C) groups is 1. The average molecular weight is 529 g/mol. The van der Waals surface area contributed by atoms with Gasteiger partial charge in [-0.15, -0.1) is 24.0 Å². The fraction of sp³-hybridized carbons (Fsp3) is 0.632. The molecule has 1 fully saturated rings. The molecular weight excluding hydrogens is 499 g/mol. The van der Waals surface area contributed by atoms with Gasteiger partial charge in [0.15, 0.2) is 5.96 Å². The summed E-state index contributed by atoms with van der Waals surface area (Å²) >= 11 is 0. The van der Waals surface area contributed by atoms with Crippen molar-refractivity contribution in [2.24, 2.45) is 4.99 Å². The highest BCUT2D eigenvalue weighted by molar-refractivity contribution is 14.0. The maximum absolute atomic E-state index is 12.3. The molecule has 3 unspecified atom stereocenters. The zero-order valence-corrected chi connectivity index (χ0v) is 19.5. The van der Waals surface area contributed by atoms with Crippen molar-refractivity contribution in [3.63, 3.8) is 0 Å². The molecule has 160 valence electrons. The van der Waals surface area contributed by atoms with Crippen molar-refractivity contribution in [2.75, 3.05) is 12.3 Å². The van der Waals surface area contributed by atoms with Crippen molar-refractivity contribution in [1.29, 1.82) is 0 Å². The molecule has 1 aliphatic carbocycles. The Balaban J connectivity index is 0.00000392. The molecule has 1 aromatic rings. The lowest BCUT2D eigenvalue weighted by molar-refractivity contribution is -0.0498. The quantitative estimate of drug-likeness (QED) is 0.303. The summed E-state index contributed by atoms with van der Waals surface area (Å²) < 4.78 is 41.2. The molecule has 5 nitrogen and oxygen atoms in total. The molecule has 1 aliphatic rings. The lowest BCUT2D eigenvalue weighted by atomic mass is 9.95. The predicted molar refractivity (Wildman–Crippen MR) is 121 cm³/mol. The number of hydrogen-bond acceptors (Lipinski definition) is 3. The third-order valence-electron chi connectivity index (χ3n) is 4.51. The van der Waals surface area contributed by atoms with Gasteiger partial charge in [-0.2, -0.15) is 8.78 Å². The zero-order valence-electron chi connectivity index (χ0n) is 16.3. The van der Waals surface area contributed by atoms with Gasteiger partial charge in [0.1, 0.15) is 5.75 Å². The van der Waals surface area contributed by atoms with Crippen LogP contribution in [-0.2, 0) is 17.3 Å². The number of benzene rings is 1. The second-order valence-electron chi connectivity index (χ2n) is 6.52. The first-order valence-electron chi connectivity index (χ1n) is 9.47. The summed E-state index contributed by atoms with van der Waals surface area (Å²) in [5.41, 5.74) is 0.791. The Morgan fingerprint density at radius 2 is 2.14 bits per heavy atom. The van der Waals surface area contributed by atoms with E-state index in [-0.39, 0.29) is 41.0 Å². The first-order valence-corrected chi connectivity index (χ1v) is 10.9. The molecule has 0 amide bonds. The molecule has 9 heteroatoms. The second-order valence-corrected chi connectivity index (χ2v) is 8.53. The van der Waals surface area contributed by atoms with Crippen molar-refractivity contribution in [1.82, 2.24) is 10.6 Å². The van der Waals surface area contributed by atoms with E-state index in [4.69, 9.17) is 0 Å². The number of rotatable bonds is 8. The lowest BCUT2D eigenvalue weighted by Crippen LogP contribution is -2.46. The summed E-state index contributed by atoms with van der Waals surface area (Å²) in [6.45, 7) is 2.19. The Morgan fingerprint density at radius 1 is 1.36 bits per heavy atom. The van der Waals surface area contributed by atoms with Gasteiger partial charge in [-0.05, 0) is 43.9 Å². The van der Waals surface area contributed by atoms with Crippen LogP contribution in [0.4, 0.5) is 8.78 Å². The Hall–Kier alpha value is -0.970. The minimum atomic E-state index is -2.84. The van der Waals surface area contributed by atoms with E-state index >= 15 is 0 Å². The van der Waals surface area contributed by atoms with Crippen LogP contribution in [0.15, 0.2) is 29.3 Å². The molecule has 0 aliphatic heterocycles. The number of ether oxygens (including phenoxy) is 1. The van der Waals surface area contributed by atoms with Crippen LogP contribution in [0.25, 0.3) is 0 Å². The number of alkyl halides is 2. The van der Waals surface area contributed by atoms with Gasteiger partial charge in [0, 0.05) is 34.4 Å². The van der Waals surface area contributed by atoms with Crippen LogP contribution in [-0.4, -0.2) is 40.4 Å². The predicted octanol–water partition coefficient (Wildman–Crippen LogP) is 4.04. The third-order valence-corrected chi connectivity index (χ3v) is 6.25. The van der Waals surface area contributed by atoms with Crippen LogP contribution >= 0.6 is 24.0 Å². The fourth-order valence-corrected chi connectivity index (χ4v) is 4.60. The Bertz CT molecular complexity index is 649. The molecule has 0 saturated heterocycles. The van der Waals surface area contributed by atoms with Crippen molar-refractivity contribution in [2.45, 2.75) is 64.0 Å². The molecule has 0 radical (unpaired) electrons. The third kappa shape index (κ3) is 8.59. The van der Waals surface area contributed by atoms with E-state index in [0.717, 1.165) is 37.8 Å². The van der Waals surface area contributed by atoms with E-state index < -0.39 is 17.4 Å². The van der Waals surface area contributed by atoms with Crippen LogP contribution in [0.3, 0.4) is 0 Å². The van der Waals surface area contributed by atoms with E-state index in [0.29, 0.717) is 18.3 Å². The van der Waals surface area contributed by atoms with E-state index in [2.05, 4.69) is 20.4 Å². The molecule has 0 spiro atoms. The molecule has 0 bridgehead atoms. The summed E-state index contributed by atoms with van der Waals surface area (Å²) in [5.74, 6) is 1.51. The largest absolute Gasteiger partial charge is 0.435 e. The molecule has 0 aromatic heterocycles. The molecular formula is C19H30F2IN3O2S. The van der Waals surface area contributed by atoms with Crippen LogP contribution < -0.4 is 15.4 Å². The highest BCUT2D eigenvalue weighted by Gasteiger charge is 2.26. The van der Waals surface area contributed by atoms with Crippen LogP contribution in [0.5, 0.6) is 5.75 Å². The molecule has 2 N–H and O–H groups in total. The summed E-state index contributed by atoms with van der Waals surface area (Å²) in [4.78, 5) is 4.56. The standard InChI is InChI=1S/C19H29F2N3O2S.HI/c1-3-22-19(24-15-8-6-10-17(12-15)27(25)4-2)23-13-14-7-5-9-16(11-14)26-18(20)21;/h5,7,9,11,15,17-18H,3-4,6,8,10,12-13H2,1-2H3,(H2,22,23,24);1H. The van der Waals surface area contributed by atoms with Crippen LogP contribution in [0.1, 0.15) is 45.1 Å². The van der Waals surface area contributed by atoms with Gasteiger partial charge >= 0.3 is 6.61 Å². The zero-order chi connectivity index (χ0) is 19.6. The molecule has 28 heavy (non-hydrogen) atoms. The number of nitrogens with one attached hydrogen (secondary N) is 2. The SMILES string of the molecule is CCNC(=NCc1cccc(OC(F)F)c1)NC1CCCC(S(=O)CC)C1.I. The highest BCUT2D eigenvalue weighted by atomic mass is 127. The fourth-order valence-electron chi connectivity index (χ4n) is 3.25. The van der Waals surface area contributed by atoms with E-state index in [1.165, 1.54) is 6.07 Å². The highest BCUT2D eigenvalue weighted by Crippen LogP contribution is 2.23. The topological polar surface area (TPSA) is 62.7 Å². The molecule has 3 atom stereocenters. The lowest BCUT2D eigenvalue weighted by Gasteiger charge is -2.30. The summed E-state index contributed by atoms with van der Waals surface area (Å²) in [6.07, 6.45) is 3.98. The number of guanidine groups is 1. The maximum atomic E-state index is 12.3. The van der Waals surface area contributed by atoms with Gasteiger partial charge in [-0.3, -0.25) is 4.21 Å². The van der Waals surface area contributed by atoms with E-state index in [1.54, 1.807) is 12.1 Å². The Morgan fingerprint density at radius 3 is 2.82 bits per heavy atom. The Labute approximate surface area is 185 Å². The minimum Gasteiger partial charge on any atom is -0.435 e. The molecule has 0 heterocycles. The van der Waals surface area contributed by atoms with E-state index in [1.807, 2.05) is 19.9 Å². The van der Waals surface area contributed by atoms with Gasteiger partial charge in [-0.1, -0.05) is 25.5 Å². The summed E-state index contributed by atoms with van der Waals surface area (Å²) in [7, 11) is -0.769. The smallest absolute Gasteiger partial charge is 0.387 e. The molecule has 1 aromatic carbocycles. The first kappa shape index (κ1) is 25.1. The number of halogens is 3. The van der Waals surface area contributed by atoms with Gasteiger partial charge in [0.25, 0.3) is 0 Å². The van der Waals surface area contributed by atoms with Crippen molar-refractivity contribution < 1.29 is 17.7 Å². The van der Waals surface area contributed by atoms with Crippen molar-refractivity contribution >= 4 is 40.7 Å². The Kier molecular flexibility index (Phi) is 11.9. The summed E-state index contributed by atoms with van der Waals surface area (Å²) in [5, 5.41) is 6.90. The maximum Gasteiger partial charge on any atom is 0.387 e. The van der Waals surface area contributed by atoms with Crippen LogP contribution in [0.2, 0.25) is 0 Å². The monoisotopic (exact) mass is 529 g/mol. The van der Waals surface area contributed by atoms with Gasteiger partial charge in [0.05, 0.1) is 6.54 Å². The van der Waals surface area contributed by atoms with Gasteiger partial charge in [-0.25, -0.2) is 4.99 Å².